The van der Waals surface area contributed by atoms with Gasteiger partial charge in [0.15, 0.2) is 0 Å². The minimum absolute atomic E-state index is 0.0136. The van der Waals surface area contributed by atoms with Crippen LogP contribution in [0.1, 0.15) is 6.92 Å². The Morgan fingerprint density at radius 2 is 2.22 bits per heavy atom. The van der Waals surface area contributed by atoms with Crippen LogP contribution < -0.4 is 27.4 Å². The third-order valence-electron chi connectivity index (χ3n) is 2.52. The van der Waals surface area contributed by atoms with Gasteiger partial charge in [-0.2, -0.15) is 0 Å². The molecule has 0 saturated heterocycles. The van der Waals surface area contributed by atoms with Crippen LogP contribution in [0.4, 0.5) is 0 Å². The average Bonchev–Trinajstić information content (AvgIpc) is 2.27. The molecule has 102 valence electrons. The number of rotatable bonds is 4. The van der Waals surface area contributed by atoms with Crippen molar-refractivity contribution in [3.8, 4) is 0 Å². The van der Waals surface area contributed by atoms with Gasteiger partial charge in [0.1, 0.15) is 17.6 Å². The minimum atomic E-state index is -1.03. The molecule has 0 saturated carbocycles. The third kappa shape index (κ3) is 3.28. The predicted molar refractivity (Wildman–Crippen MR) is 65.3 cm³/mol. The number of nitrogens with two attached hydrogens (primary N) is 2. The van der Waals surface area contributed by atoms with Crippen LogP contribution >= 0.6 is 0 Å². The Morgan fingerprint density at radius 1 is 1.61 bits per heavy atom. The zero-order valence-electron chi connectivity index (χ0n) is 10.1. The van der Waals surface area contributed by atoms with Crippen molar-refractivity contribution in [1.82, 2.24) is 16.0 Å². The van der Waals surface area contributed by atoms with Crippen LogP contribution in [0, 0.1) is 0 Å². The Morgan fingerprint density at radius 3 is 2.72 bits per heavy atom. The second kappa shape index (κ2) is 5.61. The molecular weight excluding hydrogens is 238 g/mol. The van der Waals surface area contributed by atoms with Crippen molar-refractivity contribution in [3.05, 3.63) is 23.9 Å². The zero-order valence-corrected chi connectivity index (χ0v) is 10.1. The van der Waals surface area contributed by atoms with E-state index < -0.39 is 24.2 Å². The summed E-state index contributed by atoms with van der Waals surface area (Å²) >= 11 is 0. The number of hydrogen-bond donors (Lipinski definition) is 7. The van der Waals surface area contributed by atoms with Gasteiger partial charge in [0, 0.05) is 6.54 Å². The lowest BCUT2D eigenvalue weighted by Gasteiger charge is -2.32. The van der Waals surface area contributed by atoms with E-state index in [4.69, 9.17) is 11.5 Å². The Hall–Kier alpha value is -1.93. The maximum atomic E-state index is 11.7. The molecule has 9 N–H and O–H groups in total. The molecule has 0 fully saturated rings. The fourth-order valence-corrected chi connectivity index (χ4v) is 1.56. The van der Waals surface area contributed by atoms with E-state index in [-0.39, 0.29) is 23.9 Å². The number of hydrogen-bond acceptors (Lipinski definition) is 7. The lowest BCUT2D eigenvalue weighted by Crippen LogP contribution is -2.57. The molecule has 8 heteroatoms. The first kappa shape index (κ1) is 14.1. The molecule has 1 aliphatic rings. The van der Waals surface area contributed by atoms with E-state index in [0.717, 1.165) is 0 Å². The van der Waals surface area contributed by atoms with Crippen LogP contribution in [0.5, 0.6) is 0 Å². The molecule has 0 radical (unpaired) electrons. The number of nitrogens with one attached hydrogen (secondary N) is 3. The summed E-state index contributed by atoms with van der Waals surface area (Å²) in [5.41, 5.74) is 10.9. The highest BCUT2D eigenvalue weighted by Gasteiger charge is 2.30. The molecule has 0 unspecified atom stereocenters. The van der Waals surface area contributed by atoms with Crippen LogP contribution in [0.25, 0.3) is 0 Å². The highest BCUT2D eigenvalue weighted by atomic mass is 16.3. The van der Waals surface area contributed by atoms with Crippen molar-refractivity contribution >= 4 is 5.91 Å². The highest BCUT2D eigenvalue weighted by molar-refractivity contribution is 5.94. The molecule has 1 amide bonds. The van der Waals surface area contributed by atoms with Gasteiger partial charge in [0.05, 0.1) is 18.0 Å². The van der Waals surface area contributed by atoms with Gasteiger partial charge in [-0.3, -0.25) is 4.79 Å². The van der Waals surface area contributed by atoms with Crippen molar-refractivity contribution in [1.29, 1.82) is 0 Å². The van der Waals surface area contributed by atoms with Crippen LogP contribution in [-0.4, -0.2) is 40.9 Å². The Labute approximate surface area is 105 Å². The Balaban J connectivity index is 2.78. The van der Waals surface area contributed by atoms with Crippen molar-refractivity contribution in [2.24, 2.45) is 11.5 Å². The van der Waals surface area contributed by atoms with Crippen molar-refractivity contribution in [2.45, 2.75) is 25.2 Å². The SMILES string of the molecule is C=C(N)NC(=O)C1=C(N)NC[C@H]([C@@H](O)[C@H](C)O)N1. The molecule has 3 atom stereocenters. The van der Waals surface area contributed by atoms with E-state index in [1.54, 1.807) is 0 Å². The number of aliphatic hydroxyl groups excluding tert-OH is 2. The molecule has 0 aromatic heterocycles. The summed E-state index contributed by atoms with van der Waals surface area (Å²) in [6.07, 6.45) is -1.97. The maximum absolute atomic E-state index is 11.7. The van der Waals surface area contributed by atoms with Crippen LogP contribution in [-0.2, 0) is 4.79 Å². The third-order valence-corrected chi connectivity index (χ3v) is 2.52. The average molecular weight is 257 g/mol. The number of amides is 1. The summed E-state index contributed by atoms with van der Waals surface area (Å²) in [7, 11) is 0. The zero-order chi connectivity index (χ0) is 13.9. The summed E-state index contributed by atoms with van der Waals surface area (Å²) < 4.78 is 0. The standard InChI is InChI=1S/C10H19N5O3/c1-4(16)8(17)6-3-13-9(12)7(15-6)10(18)14-5(2)11/h4,6,8,13,15-17H,2-3,11-12H2,1H3,(H,14,18)/t4-,6+,8-/m0/s1. The van der Waals surface area contributed by atoms with Crippen molar-refractivity contribution < 1.29 is 15.0 Å². The number of carbonyl (C=O) groups excluding carboxylic acids is 1. The molecule has 1 heterocycles. The molecular formula is C10H19N5O3. The van der Waals surface area contributed by atoms with Gasteiger partial charge in [0.25, 0.3) is 5.91 Å². The molecule has 1 aliphatic heterocycles. The molecule has 18 heavy (non-hydrogen) atoms. The summed E-state index contributed by atoms with van der Waals surface area (Å²) in [5.74, 6) is -0.432. The van der Waals surface area contributed by atoms with Crippen molar-refractivity contribution in [3.63, 3.8) is 0 Å². The molecule has 8 nitrogen and oxygen atoms in total. The van der Waals surface area contributed by atoms with E-state index in [2.05, 4.69) is 22.5 Å². The summed E-state index contributed by atoms with van der Waals surface area (Å²) in [4.78, 5) is 11.7. The van der Waals surface area contributed by atoms with Crippen LogP contribution in [0.2, 0.25) is 0 Å². The van der Waals surface area contributed by atoms with Crippen LogP contribution in [0.3, 0.4) is 0 Å². The second-order valence-electron chi connectivity index (χ2n) is 4.13. The molecule has 0 aliphatic carbocycles. The molecule has 0 aromatic carbocycles. The topological polar surface area (TPSA) is 146 Å². The van der Waals surface area contributed by atoms with Gasteiger partial charge in [-0.05, 0) is 6.92 Å². The lowest BCUT2D eigenvalue weighted by molar-refractivity contribution is -0.117. The maximum Gasteiger partial charge on any atom is 0.276 e. The van der Waals surface area contributed by atoms with Gasteiger partial charge in [-0.25, -0.2) is 0 Å². The Bertz CT molecular complexity index is 380. The van der Waals surface area contributed by atoms with Crippen molar-refractivity contribution in [2.75, 3.05) is 6.54 Å². The fraction of sp³-hybridized carbons (Fsp3) is 0.500. The van der Waals surface area contributed by atoms with Crippen LogP contribution in [0.15, 0.2) is 23.9 Å². The summed E-state index contributed by atoms with van der Waals surface area (Å²) in [6, 6.07) is -0.538. The lowest BCUT2D eigenvalue weighted by atomic mass is 10.0. The summed E-state index contributed by atoms with van der Waals surface area (Å²) in [6.45, 7) is 5.09. The van der Waals surface area contributed by atoms with Gasteiger partial charge >= 0.3 is 0 Å². The quantitative estimate of drug-likeness (QED) is 0.283. The van der Waals surface area contributed by atoms with E-state index in [9.17, 15) is 15.0 Å². The normalized spacial score (nSPS) is 22.5. The first-order chi connectivity index (χ1) is 8.32. The Kier molecular flexibility index (Phi) is 4.40. The summed E-state index contributed by atoms with van der Waals surface area (Å²) in [5, 5.41) is 26.9. The van der Waals surface area contributed by atoms with E-state index in [1.807, 2.05) is 0 Å². The first-order valence-corrected chi connectivity index (χ1v) is 5.45. The molecule has 0 bridgehead atoms. The first-order valence-electron chi connectivity index (χ1n) is 5.45. The number of carbonyl (C=O) groups is 1. The molecule has 0 spiro atoms. The van der Waals surface area contributed by atoms with Gasteiger partial charge in [-0.15, -0.1) is 0 Å². The number of aliphatic hydroxyl groups is 2. The molecule has 1 rings (SSSR count). The highest BCUT2D eigenvalue weighted by Crippen LogP contribution is 2.08. The van der Waals surface area contributed by atoms with Gasteiger partial charge in [-0.1, -0.05) is 6.58 Å². The fourth-order valence-electron chi connectivity index (χ4n) is 1.56. The van der Waals surface area contributed by atoms with Gasteiger partial charge in [0.2, 0.25) is 0 Å². The van der Waals surface area contributed by atoms with Gasteiger partial charge < -0.3 is 37.6 Å². The smallest absolute Gasteiger partial charge is 0.276 e. The largest absolute Gasteiger partial charge is 0.391 e. The van der Waals surface area contributed by atoms with E-state index in [0.29, 0.717) is 0 Å². The second-order valence-corrected chi connectivity index (χ2v) is 4.13. The van der Waals surface area contributed by atoms with E-state index >= 15 is 0 Å². The van der Waals surface area contributed by atoms with E-state index in [1.165, 1.54) is 6.92 Å². The minimum Gasteiger partial charge on any atom is -0.391 e. The molecule has 0 aromatic rings. The monoisotopic (exact) mass is 257 g/mol. The predicted octanol–water partition coefficient (Wildman–Crippen LogP) is -3.04.